The highest BCUT2D eigenvalue weighted by atomic mass is 16.5. The molecule has 0 aromatic heterocycles. The molecular weight excluding hydrogens is 244 g/mol. The van der Waals surface area contributed by atoms with Gasteiger partial charge in [-0.3, -0.25) is 0 Å². The fraction of sp³-hybridized carbons (Fsp3) is 0.929. The largest absolute Gasteiger partial charge is 0.382 e. The van der Waals surface area contributed by atoms with Gasteiger partial charge in [0.1, 0.15) is 0 Å². The predicted octanol–water partition coefficient (Wildman–Crippen LogP) is 1.29. The van der Waals surface area contributed by atoms with Crippen LogP contribution in [0, 0.1) is 16.7 Å². The van der Waals surface area contributed by atoms with Gasteiger partial charge in [-0.15, -0.1) is 0 Å². The maximum atomic E-state index is 9.06. The average molecular weight is 270 g/mol. The lowest BCUT2D eigenvalue weighted by Crippen LogP contribution is -2.39. The molecular formula is C14H26N2O3. The van der Waals surface area contributed by atoms with Gasteiger partial charge in [0.25, 0.3) is 0 Å². The summed E-state index contributed by atoms with van der Waals surface area (Å²) in [6.07, 6.45) is 1.92. The molecule has 1 heterocycles. The zero-order valence-electron chi connectivity index (χ0n) is 12.2. The Morgan fingerprint density at radius 3 is 2.21 bits per heavy atom. The van der Waals surface area contributed by atoms with Crippen LogP contribution in [0.1, 0.15) is 19.8 Å². The van der Waals surface area contributed by atoms with Crippen LogP contribution in [0.4, 0.5) is 0 Å². The van der Waals surface area contributed by atoms with Crippen molar-refractivity contribution >= 4 is 0 Å². The molecule has 0 spiro atoms. The Hall–Kier alpha value is -0.670. The summed E-state index contributed by atoms with van der Waals surface area (Å²) in [7, 11) is 1.66. The van der Waals surface area contributed by atoms with Crippen molar-refractivity contribution < 1.29 is 14.2 Å². The normalized spacial score (nSPS) is 19.2. The Morgan fingerprint density at radius 2 is 1.63 bits per heavy atom. The second-order valence-corrected chi connectivity index (χ2v) is 5.23. The van der Waals surface area contributed by atoms with Crippen LogP contribution in [0.25, 0.3) is 0 Å². The van der Waals surface area contributed by atoms with Gasteiger partial charge < -0.3 is 19.1 Å². The van der Waals surface area contributed by atoms with Crippen LogP contribution >= 0.6 is 0 Å². The van der Waals surface area contributed by atoms with Crippen molar-refractivity contribution in [3.63, 3.8) is 0 Å². The number of methoxy groups -OCH3 is 1. The number of rotatable bonds is 9. The number of hydrogen-bond donors (Lipinski definition) is 0. The first kappa shape index (κ1) is 16.4. The zero-order chi connectivity index (χ0) is 14.0. The van der Waals surface area contributed by atoms with Crippen molar-refractivity contribution in [3.8, 4) is 6.07 Å². The van der Waals surface area contributed by atoms with Gasteiger partial charge >= 0.3 is 0 Å². The quantitative estimate of drug-likeness (QED) is 0.591. The standard InChI is InChI=1S/C14H26N2O3/c1-14(13-15)3-5-16(6-4-14)7-8-18-11-12-19-10-9-17-2/h3-12H2,1-2H3. The Bertz CT molecular complexity index is 270. The highest BCUT2D eigenvalue weighted by Gasteiger charge is 2.29. The van der Waals surface area contributed by atoms with Gasteiger partial charge in [-0.05, 0) is 32.9 Å². The van der Waals surface area contributed by atoms with E-state index >= 15 is 0 Å². The molecule has 0 unspecified atom stereocenters. The molecule has 0 aliphatic carbocycles. The molecule has 1 aliphatic heterocycles. The summed E-state index contributed by atoms with van der Waals surface area (Å²) in [5.74, 6) is 0. The van der Waals surface area contributed by atoms with E-state index in [0.717, 1.165) is 39.1 Å². The van der Waals surface area contributed by atoms with E-state index in [9.17, 15) is 0 Å². The van der Waals surface area contributed by atoms with E-state index in [4.69, 9.17) is 19.5 Å². The maximum absolute atomic E-state index is 9.06. The minimum absolute atomic E-state index is 0.119. The number of ether oxygens (including phenoxy) is 3. The van der Waals surface area contributed by atoms with E-state index in [-0.39, 0.29) is 5.41 Å². The molecule has 1 fully saturated rings. The molecule has 5 heteroatoms. The lowest BCUT2D eigenvalue weighted by atomic mass is 9.82. The number of nitrogens with zero attached hydrogens (tertiary/aromatic N) is 2. The molecule has 0 atom stereocenters. The minimum atomic E-state index is -0.119. The van der Waals surface area contributed by atoms with Crippen molar-refractivity contribution in [1.29, 1.82) is 5.26 Å². The third kappa shape index (κ3) is 6.88. The van der Waals surface area contributed by atoms with Crippen molar-refractivity contribution in [2.75, 3.05) is 59.8 Å². The molecule has 1 saturated heterocycles. The number of hydrogen-bond acceptors (Lipinski definition) is 5. The Balaban J connectivity index is 1.93. The molecule has 0 N–H and O–H groups in total. The van der Waals surface area contributed by atoms with Crippen LogP contribution in [0.2, 0.25) is 0 Å². The topological polar surface area (TPSA) is 54.7 Å². The zero-order valence-corrected chi connectivity index (χ0v) is 12.2. The van der Waals surface area contributed by atoms with Crippen LogP contribution in [0.3, 0.4) is 0 Å². The molecule has 0 saturated carbocycles. The molecule has 5 nitrogen and oxygen atoms in total. The molecule has 0 radical (unpaired) electrons. The first-order valence-electron chi connectivity index (χ1n) is 6.98. The van der Waals surface area contributed by atoms with Crippen LogP contribution in [0.5, 0.6) is 0 Å². The average Bonchev–Trinajstić information content (AvgIpc) is 2.44. The lowest BCUT2D eigenvalue weighted by Gasteiger charge is -2.34. The molecule has 1 rings (SSSR count). The van der Waals surface area contributed by atoms with E-state index in [1.807, 2.05) is 0 Å². The second kappa shape index (κ2) is 9.27. The van der Waals surface area contributed by atoms with E-state index < -0.39 is 0 Å². The van der Waals surface area contributed by atoms with Gasteiger partial charge in [-0.25, -0.2) is 0 Å². The number of likely N-dealkylation sites (tertiary alicyclic amines) is 1. The van der Waals surface area contributed by atoms with Gasteiger partial charge in [0.05, 0.1) is 44.5 Å². The van der Waals surface area contributed by atoms with Crippen molar-refractivity contribution in [2.45, 2.75) is 19.8 Å². The highest BCUT2D eigenvalue weighted by Crippen LogP contribution is 2.29. The summed E-state index contributed by atoms with van der Waals surface area (Å²) >= 11 is 0. The van der Waals surface area contributed by atoms with Gasteiger partial charge in [-0.1, -0.05) is 0 Å². The first-order valence-corrected chi connectivity index (χ1v) is 6.98. The number of nitriles is 1. The molecule has 0 aromatic rings. The highest BCUT2D eigenvalue weighted by molar-refractivity contribution is 4.98. The van der Waals surface area contributed by atoms with Gasteiger partial charge in [-0.2, -0.15) is 5.26 Å². The van der Waals surface area contributed by atoms with Gasteiger partial charge in [0.15, 0.2) is 0 Å². The number of piperidine rings is 1. The Kier molecular flexibility index (Phi) is 7.99. The summed E-state index contributed by atoms with van der Waals surface area (Å²) < 4.78 is 15.7. The smallest absolute Gasteiger partial charge is 0.0701 e. The minimum Gasteiger partial charge on any atom is -0.382 e. The van der Waals surface area contributed by atoms with E-state index in [1.165, 1.54) is 0 Å². The molecule has 1 aliphatic rings. The summed E-state index contributed by atoms with van der Waals surface area (Å²) in [6.45, 7) is 8.23. The molecule has 0 amide bonds. The third-order valence-corrected chi connectivity index (χ3v) is 3.59. The van der Waals surface area contributed by atoms with Crippen LogP contribution in [-0.4, -0.2) is 64.7 Å². The van der Waals surface area contributed by atoms with E-state index in [1.54, 1.807) is 7.11 Å². The monoisotopic (exact) mass is 270 g/mol. The lowest BCUT2D eigenvalue weighted by molar-refractivity contribution is 0.0163. The molecule has 110 valence electrons. The van der Waals surface area contributed by atoms with Gasteiger partial charge in [0.2, 0.25) is 0 Å². The van der Waals surface area contributed by atoms with Crippen LogP contribution < -0.4 is 0 Å². The fourth-order valence-corrected chi connectivity index (χ4v) is 2.04. The fourth-order valence-electron chi connectivity index (χ4n) is 2.04. The van der Waals surface area contributed by atoms with Gasteiger partial charge in [0, 0.05) is 13.7 Å². The summed E-state index contributed by atoms with van der Waals surface area (Å²) in [5.41, 5.74) is -0.119. The predicted molar refractivity (Wildman–Crippen MR) is 72.9 cm³/mol. The van der Waals surface area contributed by atoms with Crippen molar-refractivity contribution in [1.82, 2.24) is 4.90 Å². The molecule has 0 bridgehead atoms. The Labute approximate surface area is 116 Å². The summed E-state index contributed by atoms with van der Waals surface area (Å²) in [4.78, 5) is 2.37. The first-order chi connectivity index (χ1) is 9.20. The third-order valence-electron chi connectivity index (χ3n) is 3.59. The molecule has 19 heavy (non-hydrogen) atoms. The summed E-state index contributed by atoms with van der Waals surface area (Å²) in [5, 5.41) is 9.06. The van der Waals surface area contributed by atoms with Crippen LogP contribution in [-0.2, 0) is 14.2 Å². The van der Waals surface area contributed by atoms with E-state index in [2.05, 4.69) is 17.9 Å². The summed E-state index contributed by atoms with van der Waals surface area (Å²) in [6, 6.07) is 2.42. The van der Waals surface area contributed by atoms with E-state index in [0.29, 0.717) is 26.4 Å². The van der Waals surface area contributed by atoms with Crippen LogP contribution in [0.15, 0.2) is 0 Å². The van der Waals surface area contributed by atoms with Crippen molar-refractivity contribution in [2.24, 2.45) is 5.41 Å². The Morgan fingerprint density at radius 1 is 1.05 bits per heavy atom. The maximum Gasteiger partial charge on any atom is 0.0701 e. The second-order valence-electron chi connectivity index (χ2n) is 5.23. The van der Waals surface area contributed by atoms with Crippen molar-refractivity contribution in [3.05, 3.63) is 0 Å². The SMILES string of the molecule is COCCOCCOCCN1CCC(C)(C#N)CC1. The molecule has 0 aromatic carbocycles.